The van der Waals surface area contributed by atoms with Gasteiger partial charge >= 0.3 is 0 Å². The highest BCUT2D eigenvalue weighted by molar-refractivity contribution is 7.90. The molecule has 2 heterocycles. The molecule has 0 saturated heterocycles. The zero-order valence-electron chi connectivity index (χ0n) is 10.4. The quantitative estimate of drug-likeness (QED) is 0.852. The van der Waals surface area contributed by atoms with Gasteiger partial charge in [0.15, 0.2) is 0 Å². The Morgan fingerprint density at radius 1 is 1.37 bits per heavy atom. The maximum absolute atomic E-state index is 11.1. The van der Waals surface area contributed by atoms with Crippen LogP contribution in [-0.4, -0.2) is 35.6 Å². The van der Waals surface area contributed by atoms with Crippen molar-refractivity contribution >= 4 is 9.84 Å². The lowest BCUT2D eigenvalue weighted by Gasteiger charge is -2.04. The summed E-state index contributed by atoms with van der Waals surface area (Å²) in [6.07, 6.45) is 4.65. The molecule has 0 saturated carbocycles. The maximum Gasteiger partial charge on any atom is 0.243 e. The lowest BCUT2D eigenvalue weighted by atomic mass is 10.2. The molecule has 0 unspecified atom stereocenters. The Kier molecular flexibility index (Phi) is 3.91. The third kappa shape index (κ3) is 3.83. The minimum absolute atomic E-state index is 0.0128. The zero-order chi connectivity index (χ0) is 13.9. The van der Waals surface area contributed by atoms with E-state index in [1.165, 1.54) is 0 Å². The van der Waals surface area contributed by atoms with E-state index in [9.17, 15) is 8.42 Å². The summed E-state index contributed by atoms with van der Waals surface area (Å²) in [6.45, 7) is 0. The molecule has 102 valence electrons. The molecule has 0 aliphatic carbocycles. The molecule has 7 nitrogen and oxygen atoms in total. The Morgan fingerprint density at radius 3 is 2.68 bits per heavy atom. The molecule has 2 rings (SSSR count). The van der Waals surface area contributed by atoms with Gasteiger partial charge in [0.05, 0.1) is 11.8 Å². The van der Waals surface area contributed by atoms with Gasteiger partial charge in [0.1, 0.15) is 9.84 Å². The van der Waals surface area contributed by atoms with Crippen LogP contribution in [0.15, 0.2) is 29.0 Å². The van der Waals surface area contributed by atoms with Gasteiger partial charge < -0.3 is 10.3 Å². The SMILES string of the molecule is CS(=O)(=O)CC[C@H](N)c1nc(-c2ccncc2)no1. The average molecular weight is 282 g/mol. The molecule has 8 heteroatoms. The van der Waals surface area contributed by atoms with Crippen molar-refractivity contribution in [3.8, 4) is 11.4 Å². The van der Waals surface area contributed by atoms with E-state index in [1.807, 2.05) is 0 Å². The Balaban J connectivity index is 2.09. The van der Waals surface area contributed by atoms with Crippen molar-refractivity contribution < 1.29 is 12.9 Å². The summed E-state index contributed by atoms with van der Waals surface area (Å²) in [5.41, 5.74) is 6.58. The minimum atomic E-state index is -3.05. The highest BCUT2D eigenvalue weighted by atomic mass is 32.2. The first kappa shape index (κ1) is 13.6. The number of hydrogen-bond acceptors (Lipinski definition) is 7. The minimum Gasteiger partial charge on any atom is -0.337 e. The first-order chi connectivity index (χ1) is 8.96. The zero-order valence-corrected chi connectivity index (χ0v) is 11.2. The predicted molar refractivity (Wildman–Crippen MR) is 68.8 cm³/mol. The molecule has 0 amide bonds. The standard InChI is InChI=1S/C11H14N4O3S/c1-19(16,17)7-4-9(12)11-14-10(15-18-11)8-2-5-13-6-3-8/h2-3,5-6,9H,4,7,12H2,1H3/t9-/m0/s1. The van der Waals surface area contributed by atoms with Gasteiger partial charge in [-0.25, -0.2) is 8.42 Å². The van der Waals surface area contributed by atoms with Crippen LogP contribution in [0.5, 0.6) is 0 Å². The Hall–Kier alpha value is -1.80. The van der Waals surface area contributed by atoms with E-state index >= 15 is 0 Å². The summed E-state index contributed by atoms with van der Waals surface area (Å²) in [6, 6.07) is 2.91. The monoisotopic (exact) mass is 282 g/mol. The van der Waals surface area contributed by atoms with E-state index in [1.54, 1.807) is 24.5 Å². The van der Waals surface area contributed by atoms with E-state index in [0.717, 1.165) is 11.8 Å². The molecule has 0 bridgehead atoms. The largest absolute Gasteiger partial charge is 0.337 e. The van der Waals surface area contributed by atoms with Crippen LogP contribution in [-0.2, 0) is 9.84 Å². The van der Waals surface area contributed by atoms with E-state index in [-0.39, 0.29) is 18.1 Å². The summed E-state index contributed by atoms with van der Waals surface area (Å²) >= 11 is 0. The second kappa shape index (κ2) is 5.45. The Labute approximate surface area is 110 Å². The number of hydrogen-bond donors (Lipinski definition) is 1. The first-order valence-electron chi connectivity index (χ1n) is 5.63. The third-order valence-corrected chi connectivity index (χ3v) is 3.47. The van der Waals surface area contributed by atoms with Gasteiger partial charge in [-0.05, 0) is 18.6 Å². The van der Waals surface area contributed by atoms with Gasteiger partial charge in [0.25, 0.3) is 0 Å². The smallest absolute Gasteiger partial charge is 0.243 e. The number of pyridine rings is 1. The van der Waals surface area contributed by atoms with Crippen molar-refractivity contribution in [2.24, 2.45) is 5.73 Å². The summed E-state index contributed by atoms with van der Waals surface area (Å²) in [5.74, 6) is 0.629. The van der Waals surface area contributed by atoms with E-state index < -0.39 is 15.9 Å². The topological polar surface area (TPSA) is 112 Å². The van der Waals surface area contributed by atoms with Crippen molar-refractivity contribution in [2.75, 3.05) is 12.0 Å². The molecule has 0 radical (unpaired) electrons. The molecule has 19 heavy (non-hydrogen) atoms. The van der Waals surface area contributed by atoms with Gasteiger partial charge in [0, 0.05) is 24.2 Å². The van der Waals surface area contributed by atoms with Gasteiger partial charge in [-0.1, -0.05) is 5.16 Å². The molecule has 1 atom stereocenters. The number of rotatable bonds is 5. The molecule has 0 fully saturated rings. The van der Waals surface area contributed by atoms with Crippen LogP contribution in [0.1, 0.15) is 18.4 Å². The van der Waals surface area contributed by atoms with Gasteiger partial charge in [-0.3, -0.25) is 4.98 Å². The summed E-state index contributed by atoms with van der Waals surface area (Å²) < 4.78 is 27.2. The average Bonchev–Trinajstić information content (AvgIpc) is 2.86. The van der Waals surface area contributed by atoms with Gasteiger partial charge in [0.2, 0.25) is 11.7 Å². The molecule has 0 spiro atoms. The van der Waals surface area contributed by atoms with Gasteiger partial charge in [-0.2, -0.15) is 4.98 Å². The number of nitrogens with zero attached hydrogens (tertiary/aromatic N) is 3. The summed E-state index contributed by atoms with van der Waals surface area (Å²) in [4.78, 5) is 8.05. The Morgan fingerprint density at radius 2 is 2.05 bits per heavy atom. The van der Waals surface area contributed by atoms with Crippen LogP contribution in [0.2, 0.25) is 0 Å². The summed E-state index contributed by atoms with van der Waals surface area (Å²) in [7, 11) is -3.05. The molecular weight excluding hydrogens is 268 g/mol. The number of aromatic nitrogens is 3. The molecule has 2 N–H and O–H groups in total. The molecule has 0 aliphatic heterocycles. The number of sulfone groups is 1. The fraction of sp³-hybridized carbons (Fsp3) is 0.364. The van der Waals surface area contributed by atoms with Crippen LogP contribution >= 0.6 is 0 Å². The summed E-state index contributed by atoms with van der Waals surface area (Å²) in [5, 5.41) is 3.81. The van der Waals surface area contributed by atoms with Crippen LogP contribution in [0.4, 0.5) is 0 Å². The van der Waals surface area contributed by atoms with E-state index in [2.05, 4.69) is 15.1 Å². The fourth-order valence-corrected chi connectivity index (χ4v) is 2.15. The normalized spacial score (nSPS) is 13.4. The lowest BCUT2D eigenvalue weighted by Crippen LogP contribution is -2.16. The van der Waals surface area contributed by atoms with E-state index in [4.69, 9.17) is 10.3 Å². The van der Waals surface area contributed by atoms with Crippen molar-refractivity contribution in [1.29, 1.82) is 0 Å². The predicted octanol–water partition coefficient (Wildman–Crippen LogP) is 0.566. The third-order valence-electron chi connectivity index (χ3n) is 2.50. The lowest BCUT2D eigenvalue weighted by molar-refractivity contribution is 0.352. The molecule has 2 aromatic rings. The first-order valence-corrected chi connectivity index (χ1v) is 7.69. The Bertz CT molecular complexity index is 639. The van der Waals surface area contributed by atoms with E-state index in [0.29, 0.717) is 5.82 Å². The highest BCUT2D eigenvalue weighted by Gasteiger charge is 2.17. The maximum atomic E-state index is 11.1. The van der Waals surface area contributed by atoms with Crippen molar-refractivity contribution in [2.45, 2.75) is 12.5 Å². The van der Waals surface area contributed by atoms with Crippen molar-refractivity contribution in [3.63, 3.8) is 0 Å². The molecule has 0 aliphatic rings. The molecule has 0 aromatic carbocycles. The highest BCUT2D eigenvalue weighted by Crippen LogP contribution is 2.18. The fourth-order valence-electron chi connectivity index (χ4n) is 1.47. The number of nitrogens with two attached hydrogens (primary N) is 1. The van der Waals surface area contributed by atoms with Crippen molar-refractivity contribution in [3.05, 3.63) is 30.4 Å². The van der Waals surface area contributed by atoms with Gasteiger partial charge in [-0.15, -0.1) is 0 Å². The second-order valence-electron chi connectivity index (χ2n) is 4.22. The van der Waals surface area contributed by atoms with Crippen LogP contribution in [0.3, 0.4) is 0 Å². The van der Waals surface area contributed by atoms with Crippen LogP contribution < -0.4 is 5.73 Å². The second-order valence-corrected chi connectivity index (χ2v) is 6.48. The van der Waals surface area contributed by atoms with Crippen LogP contribution in [0, 0.1) is 0 Å². The molecular formula is C11H14N4O3S. The van der Waals surface area contributed by atoms with Crippen molar-refractivity contribution in [1.82, 2.24) is 15.1 Å². The molecule has 2 aromatic heterocycles. The van der Waals surface area contributed by atoms with Crippen LogP contribution in [0.25, 0.3) is 11.4 Å².